The predicted octanol–water partition coefficient (Wildman–Crippen LogP) is 3.27. The average Bonchev–Trinajstić information content (AvgIpc) is 2.09. The molecule has 0 aromatic heterocycles. The Kier molecular flexibility index (Phi) is 6.24. The van der Waals surface area contributed by atoms with E-state index in [0.717, 1.165) is 19.3 Å². The van der Waals surface area contributed by atoms with E-state index in [1.807, 2.05) is 20.8 Å². The number of hydrogen-bond donors (Lipinski definition) is 0. The summed E-state index contributed by atoms with van der Waals surface area (Å²) in [6.07, 6.45) is 1.85. The maximum atomic E-state index is 12.3. The zero-order valence-corrected chi connectivity index (χ0v) is 9.27. The molecule has 5 heteroatoms. The van der Waals surface area contributed by atoms with Crippen LogP contribution in [-0.4, -0.2) is 30.9 Å². The highest BCUT2D eigenvalue weighted by molar-refractivity contribution is 6.58. The minimum absolute atomic E-state index is 0.0325. The van der Waals surface area contributed by atoms with E-state index in [1.165, 1.54) is 0 Å². The molecule has 0 N–H and O–H groups in total. The molecule has 0 saturated carbocycles. The summed E-state index contributed by atoms with van der Waals surface area (Å²) in [5.74, 6) is 0. The lowest BCUT2D eigenvalue weighted by Gasteiger charge is -2.32. The van der Waals surface area contributed by atoms with E-state index in [9.17, 15) is 12.9 Å². The van der Waals surface area contributed by atoms with Gasteiger partial charge in [0, 0.05) is 6.04 Å². The molecule has 0 aromatic carbocycles. The Morgan fingerprint density at radius 2 is 1.79 bits per heavy atom. The van der Waals surface area contributed by atoms with Gasteiger partial charge >= 0.3 is 6.98 Å². The molecule has 0 bridgehead atoms. The molecule has 0 spiro atoms. The molecule has 0 aliphatic heterocycles. The summed E-state index contributed by atoms with van der Waals surface area (Å²) in [6.45, 7) is 1.66. The van der Waals surface area contributed by atoms with Crippen molar-refractivity contribution in [2.75, 3.05) is 13.0 Å². The van der Waals surface area contributed by atoms with E-state index in [4.69, 9.17) is 0 Å². The molecule has 0 amide bonds. The maximum Gasteiger partial charge on any atom is 0.492 e. The molecule has 0 aliphatic carbocycles. The maximum absolute atomic E-state index is 12.3. The van der Waals surface area contributed by atoms with E-state index < -0.39 is 13.4 Å². The Morgan fingerprint density at radius 3 is 2.14 bits per heavy atom. The van der Waals surface area contributed by atoms with Crippen LogP contribution in [0.15, 0.2) is 0 Å². The molecular formula is C9H20BF3N-. The number of hydrogen-bond acceptors (Lipinski definition) is 1. The summed E-state index contributed by atoms with van der Waals surface area (Å²) >= 11 is 0. The Morgan fingerprint density at radius 1 is 1.21 bits per heavy atom. The first-order valence-electron chi connectivity index (χ1n) is 5.35. The van der Waals surface area contributed by atoms with Gasteiger partial charge in [-0.25, -0.2) is 0 Å². The smallest absolute Gasteiger partial charge is 0.448 e. The quantitative estimate of drug-likeness (QED) is 0.583. The highest BCUT2D eigenvalue weighted by atomic mass is 19.4. The van der Waals surface area contributed by atoms with Gasteiger partial charge in [-0.05, 0) is 32.8 Å². The summed E-state index contributed by atoms with van der Waals surface area (Å²) in [6, 6.07) is 0.0325. The summed E-state index contributed by atoms with van der Waals surface area (Å²) in [4.78, 5) is 1.55. The monoisotopic (exact) mass is 210 g/mol. The van der Waals surface area contributed by atoms with E-state index in [1.54, 1.807) is 4.90 Å². The lowest BCUT2D eigenvalue weighted by Crippen LogP contribution is -2.43. The molecule has 0 saturated heterocycles. The first-order valence-corrected chi connectivity index (χ1v) is 5.35. The summed E-state index contributed by atoms with van der Waals surface area (Å²) in [5.41, 5.74) is 0. The summed E-state index contributed by atoms with van der Waals surface area (Å²) < 4.78 is 36.8. The molecule has 0 aliphatic rings. The van der Waals surface area contributed by atoms with E-state index in [2.05, 4.69) is 0 Å². The topological polar surface area (TPSA) is 3.24 Å². The first-order chi connectivity index (χ1) is 6.40. The molecule has 0 rings (SSSR count). The van der Waals surface area contributed by atoms with Crippen LogP contribution in [0.5, 0.6) is 0 Å². The van der Waals surface area contributed by atoms with Crippen LogP contribution in [0.1, 0.15) is 40.0 Å². The van der Waals surface area contributed by atoms with Crippen molar-refractivity contribution in [3.8, 4) is 0 Å². The average molecular weight is 210 g/mol. The minimum atomic E-state index is -4.68. The van der Waals surface area contributed by atoms with Gasteiger partial charge in [-0.2, -0.15) is 0 Å². The van der Waals surface area contributed by atoms with Crippen molar-refractivity contribution in [2.45, 2.75) is 46.1 Å². The molecule has 86 valence electrons. The predicted molar refractivity (Wildman–Crippen MR) is 55.3 cm³/mol. The summed E-state index contributed by atoms with van der Waals surface area (Å²) in [5, 5.41) is 0. The van der Waals surface area contributed by atoms with Crippen LogP contribution in [0, 0.1) is 0 Å². The molecule has 1 atom stereocenters. The Bertz CT molecular complexity index is 149. The van der Waals surface area contributed by atoms with Gasteiger partial charge in [0.25, 0.3) is 0 Å². The Labute approximate surface area is 84.7 Å². The molecular weight excluding hydrogens is 190 g/mol. The second-order valence-electron chi connectivity index (χ2n) is 3.82. The molecule has 0 radical (unpaired) electrons. The third kappa shape index (κ3) is 6.30. The zero-order valence-electron chi connectivity index (χ0n) is 9.27. The largest absolute Gasteiger partial charge is 0.492 e. The van der Waals surface area contributed by atoms with Crippen LogP contribution in [0.2, 0.25) is 0 Å². The number of unbranched alkanes of at least 4 members (excludes halogenated alkanes) is 1. The fraction of sp³-hybridized carbons (Fsp3) is 1.00. The van der Waals surface area contributed by atoms with Crippen molar-refractivity contribution in [3.05, 3.63) is 0 Å². The third-order valence-electron chi connectivity index (χ3n) is 2.45. The van der Waals surface area contributed by atoms with Gasteiger partial charge in [0.1, 0.15) is 0 Å². The fourth-order valence-corrected chi connectivity index (χ4v) is 1.38. The minimum Gasteiger partial charge on any atom is -0.448 e. The van der Waals surface area contributed by atoms with Crippen LogP contribution < -0.4 is 0 Å². The normalized spacial score (nSPS) is 14.8. The SMILES string of the molecule is CCCCN(C[B-](F)(F)F)C(C)CC. The van der Waals surface area contributed by atoms with E-state index >= 15 is 0 Å². The van der Waals surface area contributed by atoms with Crippen LogP contribution in [0.25, 0.3) is 0 Å². The van der Waals surface area contributed by atoms with Gasteiger partial charge in [-0.3, -0.25) is 0 Å². The molecule has 14 heavy (non-hydrogen) atoms. The van der Waals surface area contributed by atoms with Crippen molar-refractivity contribution in [2.24, 2.45) is 0 Å². The molecule has 1 unspecified atom stereocenters. The molecule has 0 aromatic rings. The lowest BCUT2D eigenvalue weighted by atomic mass is 9.90. The number of halogens is 3. The first kappa shape index (κ1) is 13.8. The Balaban J connectivity index is 4.10. The van der Waals surface area contributed by atoms with E-state index in [-0.39, 0.29) is 6.04 Å². The summed E-state index contributed by atoms with van der Waals surface area (Å²) in [7, 11) is 0. The van der Waals surface area contributed by atoms with Crippen LogP contribution in [0.4, 0.5) is 12.9 Å². The van der Waals surface area contributed by atoms with E-state index in [0.29, 0.717) is 6.54 Å². The van der Waals surface area contributed by atoms with Crippen molar-refractivity contribution in [1.29, 1.82) is 0 Å². The van der Waals surface area contributed by atoms with Gasteiger partial charge in [0.05, 0.1) is 0 Å². The molecule has 0 heterocycles. The number of rotatable bonds is 7. The van der Waals surface area contributed by atoms with Crippen LogP contribution >= 0.6 is 0 Å². The van der Waals surface area contributed by atoms with Crippen molar-refractivity contribution >= 4 is 6.98 Å². The second kappa shape index (κ2) is 6.33. The number of nitrogens with zero attached hydrogens (tertiary/aromatic N) is 1. The lowest BCUT2D eigenvalue weighted by molar-refractivity contribution is 0.210. The van der Waals surface area contributed by atoms with Gasteiger partial charge < -0.3 is 17.8 Å². The van der Waals surface area contributed by atoms with Gasteiger partial charge in [-0.1, -0.05) is 20.3 Å². The van der Waals surface area contributed by atoms with Crippen LogP contribution in [0.3, 0.4) is 0 Å². The highest BCUT2D eigenvalue weighted by Gasteiger charge is 2.27. The molecule has 1 nitrogen and oxygen atoms in total. The van der Waals surface area contributed by atoms with Crippen LogP contribution in [-0.2, 0) is 0 Å². The van der Waals surface area contributed by atoms with Crippen molar-refractivity contribution < 1.29 is 12.9 Å². The Hall–Kier alpha value is -0.185. The van der Waals surface area contributed by atoms with Crippen molar-refractivity contribution in [1.82, 2.24) is 4.90 Å². The third-order valence-corrected chi connectivity index (χ3v) is 2.45. The standard InChI is InChI=1S/C9H20BF3N/c1-4-6-7-14(9(3)5-2)8-10(11,12)13/h9H,4-8H2,1-3H3/q-1. The fourth-order valence-electron chi connectivity index (χ4n) is 1.38. The zero-order chi connectivity index (χ0) is 11.2. The second-order valence-corrected chi connectivity index (χ2v) is 3.82. The van der Waals surface area contributed by atoms with Gasteiger partial charge in [-0.15, -0.1) is 0 Å². The molecule has 0 fully saturated rings. The van der Waals surface area contributed by atoms with Gasteiger partial charge in [0.2, 0.25) is 0 Å². The van der Waals surface area contributed by atoms with Gasteiger partial charge in [0.15, 0.2) is 0 Å². The highest BCUT2D eigenvalue weighted by Crippen LogP contribution is 2.14. The van der Waals surface area contributed by atoms with Crippen molar-refractivity contribution in [3.63, 3.8) is 0 Å².